The van der Waals surface area contributed by atoms with E-state index in [1.54, 1.807) is 35.2 Å². The number of benzene rings is 2. The summed E-state index contributed by atoms with van der Waals surface area (Å²) in [5.41, 5.74) is 0.356. The summed E-state index contributed by atoms with van der Waals surface area (Å²) in [6.45, 7) is 8.58. The van der Waals surface area contributed by atoms with E-state index in [1.165, 1.54) is 12.1 Å². The van der Waals surface area contributed by atoms with E-state index in [2.05, 4.69) is 20.7 Å². The number of halogens is 1. The third kappa shape index (κ3) is 4.75. The Hall–Kier alpha value is -2.06. The predicted octanol–water partition coefficient (Wildman–Crippen LogP) is 4.66. The average molecular weight is 481 g/mol. The molecule has 1 aliphatic heterocycles. The Morgan fingerprint density at radius 1 is 1.17 bits per heavy atom. The molecule has 0 aromatic heterocycles. The normalized spacial score (nSPS) is 16.2. The molecule has 0 fully saturated rings. The Labute approximate surface area is 180 Å². The van der Waals surface area contributed by atoms with Gasteiger partial charge in [0, 0.05) is 17.1 Å². The zero-order valence-corrected chi connectivity index (χ0v) is 19.3. The van der Waals surface area contributed by atoms with Crippen LogP contribution in [0, 0.1) is 11.3 Å². The van der Waals surface area contributed by atoms with Crippen molar-refractivity contribution in [2.24, 2.45) is 11.3 Å². The lowest BCUT2D eigenvalue weighted by atomic mass is 9.92. The van der Waals surface area contributed by atoms with Gasteiger partial charge in [-0.05, 0) is 56.2 Å². The van der Waals surface area contributed by atoms with Crippen molar-refractivity contribution in [2.75, 3.05) is 22.8 Å². The molecule has 0 unspecified atom stereocenters. The molecular formula is C21H25BrN2O4S. The lowest BCUT2D eigenvalue weighted by molar-refractivity contribution is -0.127. The van der Waals surface area contributed by atoms with Gasteiger partial charge in [0.15, 0.2) is 0 Å². The number of hydrogen-bond donors (Lipinski definition) is 1. The van der Waals surface area contributed by atoms with Gasteiger partial charge in [-0.3, -0.25) is 9.52 Å². The molecule has 3 rings (SSSR count). The van der Waals surface area contributed by atoms with E-state index in [9.17, 15) is 13.2 Å². The van der Waals surface area contributed by atoms with Crippen molar-refractivity contribution in [1.29, 1.82) is 0 Å². The molecule has 0 atom stereocenters. The Balaban J connectivity index is 1.95. The number of anilines is 2. The third-order valence-electron chi connectivity index (χ3n) is 4.59. The standard InChI is InChI=1S/C21H25BrN2O4S/c1-14(2)12-24-18-10-7-16(11-19(18)28-13-21(3,4)20(24)25)23-29(26,27)17-8-5-15(22)6-9-17/h5-11,14,23H,12-13H2,1-4H3. The molecule has 1 heterocycles. The maximum absolute atomic E-state index is 13.0. The number of carbonyl (C=O) groups is 1. The van der Waals surface area contributed by atoms with Gasteiger partial charge in [0.25, 0.3) is 10.0 Å². The highest BCUT2D eigenvalue weighted by molar-refractivity contribution is 9.10. The number of nitrogens with one attached hydrogen (secondary N) is 1. The summed E-state index contributed by atoms with van der Waals surface area (Å²) >= 11 is 3.30. The van der Waals surface area contributed by atoms with Crippen LogP contribution in [0.4, 0.5) is 11.4 Å². The summed E-state index contributed by atoms with van der Waals surface area (Å²) in [5.74, 6) is 0.755. The predicted molar refractivity (Wildman–Crippen MR) is 118 cm³/mol. The lowest BCUT2D eigenvalue weighted by Crippen LogP contribution is -2.43. The fraction of sp³-hybridized carbons (Fsp3) is 0.381. The highest BCUT2D eigenvalue weighted by atomic mass is 79.9. The molecule has 1 aliphatic rings. The summed E-state index contributed by atoms with van der Waals surface area (Å²) in [6.07, 6.45) is 0. The summed E-state index contributed by atoms with van der Waals surface area (Å²) in [4.78, 5) is 14.9. The first kappa shape index (κ1) is 21.6. The molecule has 1 N–H and O–H groups in total. The van der Waals surface area contributed by atoms with Crippen LogP contribution in [-0.4, -0.2) is 27.5 Å². The monoisotopic (exact) mass is 480 g/mol. The SMILES string of the molecule is CC(C)CN1C(=O)C(C)(C)COc2cc(NS(=O)(=O)c3ccc(Br)cc3)ccc21. The van der Waals surface area contributed by atoms with Gasteiger partial charge in [-0.15, -0.1) is 0 Å². The van der Waals surface area contributed by atoms with Gasteiger partial charge < -0.3 is 9.64 Å². The highest BCUT2D eigenvalue weighted by Gasteiger charge is 2.38. The second-order valence-corrected chi connectivity index (χ2v) is 10.8. The van der Waals surface area contributed by atoms with Crippen molar-refractivity contribution in [1.82, 2.24) is 0 Å². The van der Waals surface area contributed by atoms with Crippen molar-refractivity contribution in [3.05, 3.63) is 46.9 Å². The Morgan fingerprint density at radius 2 is 1.83 bits per heavy atom. The Bertz CT molecular complexity index is 1020. The fourth-order valence-electron chi connectivity index (χ4n) is 3.09. The number of fused-ring (bicyclic) bond motifs is 1. The molecule has 29 heavy (non-hydrogen) atoms. The lowest BCUT2D eigenvalue weighted by Gasteiger charge is -2.29. The summed E-state index contributed by atoms with van der Waals surface area (Å²) < 4.78 is 34.7. The van der Waals surface area contributed by atoms with Gasteiger partial charge >= 0.3 is 0 Å². The molecule has 8 heteroatoms. The minimum absolute atomic E-state index is 0.00635. The fourth-order valence-corrected chi connectivity index (χ4v) is 4.40. The van der Waals surface area contributed by atoms with E-state index < -0.39 is 15.4 Å². The van der Waals surface area contributed by atoms with Crippen LogP contribution in [0.2, 0.25) is 0 Å². The number of sulfonamides is 1. The van der Waals surface area contributed by atoms with Crippen LogP contribution in [0.5, 0.6) is 5.75 Å². The zero-order chi connectivity index (χ0) is 21.4. The van der Waals surface area contributed by atoms with Crippen LogP contribution in [-0.2, 0) is 14.8 Å². The highest BCUT2D eigenvalue weighted by Crippen LogP contribution is 2.39. The zero-order valence-electron chi connectivity index (χ0n) is 16.9. The molecule has 0 bridgehead atoms. The van der Waals surface area contributed by atoms with Crippen LogP contribution in [0.3, 0.4) is 0 Å². The van der Waals surface area contributed by atoms with Gasteiger partial charge in [-0.1, -0.05) is 29.8 Å². The number of nitrogens with zero attached hydrogens (tertiary/aromatic N) is 1. The first-order chi connectivity index (χ1) is 13.5. The summed E-state index contributed by atoms with van der Waals surface area (Å²) in [6, 6.07) is 11.4. The first-order valence-corrected chi connectivity index (χ1v) is 11.6. The molecule has 0 saturated heterocycles. The number of amides is 1. The van der Waals surface area contributed by atoms with Crippen molar-refractivity contribution < 1.29 is 17.9 Å². The van der Waals surface area contributed by atoms with Crippen LogP contribution >= 0.6 is 15.9 Å². The molecule has 0 spiro atoms. The number of rotatable bonds is 5. The Morgan fingerprint density at radius 3 is 2.45 bits per heavy atom. The van der Waals surface area contributed by atoms with E-state index >= 15 is 0 Å². The first-order valence-electron chi connectivity index (χ1n) is 9.37. The second-order valence-electron chi connectivity index (χ2n) is 8.22. The van der Waals surface area contributed by atoms with Gasteiger partial charge in [0.1, 0.15) is 12.4 Å². The van der Waals surface area contributed by atoms with E-state index in [4.69, 9.17) is 4.74 Å². The Kier molecular flexibility index (Phi) is 5.96. The van der Waals surface area contributed by atoms with Crippen LogP contribution < -0.4 is 14.4 Å². The van der Waals surface area contributed by atoms with E-state index in [-0.39, 0.29) is 23.3 Å². The third-order valence-corrected chi connectivity index (χ3v) is 6.51. The number of carbonyl (C=O) groups excluding carboxylic acids is 1. The van der Waals surface area contributed by atoms with E-state index in [0.29, 0.717) is 23.7 Å². The molecule has 0 aliphatic carbocycles. The number of ether oxygens (including phenoxy) is 1. The molecule has 2 aromatic rings. The average Bonchev–Trinajstić information content (AvgIpc) is 2.72. The van der Waals surface area contributed by atoms with Crippen molar-refractivity contribution in [2.45, 2.75) is 32.6 Å². The summed E-state index contributed by atoms with van der Waals surface area (Å²) in [5, 5.41) is 0. The van der Waals surface area contributed by atoms with E-state index in [0.717, 1.165) is 4.47 Å². The van der Waals surface area contributed by atoms with Gasteiger partial charge in [-0.2, -0.15) is 0 Å². The largest absolute Gasteiger partial charge is 0.490 e. The minimum Gasteiger partial charge on any atom is -0.490 e. The van der Waals surface area contributed by atoms with Gasteiger partial charge in [0.2, 0.25) is 5.91 Å². The van der Waals surface area contributed by atoms with Crippen molar-refractivity contribution in [3.8, 4) is 5.75 Å². The molecule has 1 amide bonds. The number of hydrogen-bond acceptors (Lipinski definition) is 4. The van der Waals surface area contributed by atoms with Crippen molar-refractivity contribution in [3.63, 3.8) is 0 Å². The molecule has 156 valence electrons. The molecule has 0 saturated carbocycles. The smallest absolute Gasteiger partial charge is 0.261 e. The van der Waals surface area contributed by atoms with Gasteiger partial charge in [-0.25, -0.2) is 8.42 Å². The van der Waals surface area contributed by atoms with Crippen LogP contribution in [0.15, 0.2) is 51.8 Å². The van der Waals surface area contributed by atoms with Gasteiger partial charge in [0.05, 0.1) is 21.7 Å². The molecule has 2 aromatic carbocycles. The maximum Gasteiger partial charge on any atom is 0.261 e. The van der Waals surface area contributed by atoms with Crippen molar-refractivity contribution >= 4 is 43.2 Å². The topological polar surface area (TPSA) is 75.7 Å². The van der Waals surface area contributed by atoms with E-state index in [1.807, 2.05) is 27.7 Å². The molecule has 6 nitrogen and oxygen atoms in total. The molecule has 0 radical (unpaired) electrons. The minimum atomic E-state index is -3.74. The van der Waals surface area contributed by atoms with Crippen LogP contribution in [0.25, 0.3) is 0 Å². The maximum atomic E-state index is 13.0. The quantitative estimate of drug-likeness (QED) is 0.674. The second kappa shape index (κ2) is 7.99. The summed E-state index contributed by atoms with van der Waals surface area (Å²) in [7, 11) is -3.74. The molecular weight excluding hydrogens is 456 g/mol. The van der Waals surface area contributed by atoms with Crippen LogP contribution in [0.1, 0.15) is 27.7 Å².